The number of nitrogen functional groups attached to an aromatic ring is 1. The van der Waals surface area contributed by atoms with E-state index in [9.17, 15) is 8.42 Å². The van der Waals surface area contributed by atoms with Crippen molar-refractivity contribution in [2.45, 2.75) is 24.7 Å². The molecule has 0 atom stereocenters. The first-order valence-corrected chi connectivity index (χ1v) is 6.72. The van der Waals surface area contributed by atoms with Crippen LogP contribution in [0.15, 0.2) is 17.3 Å². The fraction of sp³-hybridized carbons (Fsp3) is 0.556. The maximum absolute atomic E-state index is 11.9. The Morgan fingerprint density at radius 3 is 2.47 bits per heavy atom. The van der Waals surface area contributed by atoms with Gasteiger partial charge in [0.1, 0.15) is 4.90 Å². The average Bonchev–Trinajstić information content (AvgIpc) is 3.06. The molecule has 17 heavy (non-hydrogen) atoms. The van der Waals surface area contributed by atoms with Gasteiger partial charge < -0.3 is 0 Å². The monoisotopic (exact) mass is 257 g/mol. The van der Waals surface area contributed by atoms with Crippen LogP contribution in [0.25, 0.3) is 0 Å². The van der Waals surface area contributed by atoms with Crippen LogP contribution in [0.2, 0.25) is 0 Å². The molecule has 0 amide bonds. The lowest BCUT2D eigenvalue weighted by Gasteiger charge is -2.10. The molecule has 0 aliphatic heterocycles. The highest BCUT2D eigenvalue weighted by Gasteiger charge is 2.38. The van der Waals surface area contributed by atoms with E-state index in [0.717, 1.165) is 12.8 Å². The normalized spacial score (nSPS) is 17.8. The van der Waals surface area contributed by atoms with Crippen LogP contribution < -0.4 is 16.0 Å². The van der Waals surface area contributed by atoms with Gasteiger partial charge in [-0.1, -0.05) is 6.92 Å². The summed E-state index contributed by atoms with van der Waals surface area (Å²) >= 11 is 0. The molecule has 0 unspecified atom stereocenters. The quantitative estimate of drug-likeness (QED) is 0.499. The molecule has 1 aliphatic carbocycles. The molecule has 0 radical (unpaired) electrons. The molecule has 1 aromatic heterocycles. The zero-order valence-corrected chi connectivity index (χ0v) is 10.3. The van der Waals surface area contributed by atoms with Crippen LogP contribution in [-0.4, -0.2) is 24.9 Å². The number of nitrogens with two attached hydrogens (primary N) is 1. The summed E-state index contributed by atoms with van der Waals surface area (Å²) < 4.78 is 26.3. The van der Waals surface area contributed by atoms with Crippen molar-refractivity contribution >= 4 is 16.0 Å². The van der Waals surface area contributed by atoms with Gasteiger partial charge in [0.05, 0.1) is 12.4 Å². The van der Waals surface area contributed by atoms with Crippen LogP contribution in [0.1, 0.15) is 19.8 Å². The lowest BCUT2D eigenvalue weighted by atomic mass is 10.2. The first-order chi connectivity index (χ1) is 7.95. The molecule has 0 spiro atoms. The molecule has 4 N–H and O–H groups in total. The molecule has 1 saturated carbocycles. The number of hydrogen-bond donors (Lipinski definition) is 3. The highest BCUT2D eigenvalue weighted by molar-refractivity contribution is 7.89. The van der Waals surface area contributed by atoms with Gasteiger partial charge in [-0.2, -0.15) is 0 Å². The summed E-state index contributed by atoms with van der Waals surface area (Å²) in [5.74, 6) is 5.27. The Labute approximate surface area is 99.9 Å². The number of rotatable bonds is 5. The van der Waals surface area contributed by atoms with E-state index in [1.807, 2.05) is 6.92 Å². The summed E-state index contributed by atoms with van der Waals surface area (Å²) in [6.45, 7) is 2.50. The van der Waals surface area contributed by atoms with Gasteiger partial charge in [0.2, 0.25) is 16.0 Å². The van der Waals surface area contributed by atoms with E-state index < -0.39 is 10.0 Å². The molecule has 1 aliphatic rings. The fourth-order valence-corrected chi connectivity index (χ4v) is 2.36. The van der Waals surface area contributed by atoms with Crippen molar-refractivity contribution in [2.75, 3.05) is 12.0 Å². The van der Waals surface area contributed by atoms with Crippen molar-refractivity contribution in [3.63, 3.8) is 0 Å². The topological polar surface area (TPSA) is 110 Å². The third-order valence-corrected chi connectivity index (χ3v) is 4.22. The van der Waals surface area contributed by atoms with E-state index in [0.29, 0.717) is 6.54 Å². The van der Waals surface area contributed by atoms with Crippen molar-refractivity contribution in [1.82, 2.24) is 14.7 Å². The number of nitrogens with zero attached hydrogens (tertiary/aromatic N) is 2. The Morgan fingerprint density at radius 1 is 1.41 bits per heavy atom. The number of aromatic nitrogens is 2. The fourth-order valence-electron chi connectivity index (χ4n) is 1.27. The van der Waals surface area contributed by atoms with Crippen molar-refractivity contribution in [3.8, 4) is 0 Å². The lowest BCUT2D eigenvalue weighted by molar-refractivity contribution is 0.530. The third-order valence-electron chi connectivity index (χ3n) is 2.86. The Bertz CT molecular complexity index is 495. The molecule has 1 aromatic rings. The van der Waals surface area contributed by atoms with Crippen LogP contribution >= 0.6 is 0 Å². The van der Waals surface area contributed by atoms with E-state index >= 15 is 0 Å². The van der Waals surface area contributed by atoms with Crippen LogP contribution in [0.4, 0.5) is 5.95 Å². The molecule has 2 rings (SSSR count). The summed E-state index contributed by atoms with van der Waals surface area (Å²) in [7, 11) is -3.52. The number of anilines is 1. The van der Waals surface area contributed by atoms with Gasteiger partial charge in [-0.05, 0) is 18.3 Å². The zero-order valence-electron chi connectivity index (χ0n) is 9.47. The maximum atomic E-state index is 11.9. The van der Waals surface area contributed by atoms with Crippen LogP contribution in [0.3, 0.4) is 0 Å². The van der Waals surface area contributed by atoms with E-state index in [1.165, 1.54) is 12.4 Å². The van der Waals surface area contributed by atoms with Crippen LogP contribution in [0, 0.1) is 5.41 Å². The minimum absolute atomic E-state index is 0.0424. The third kappa shape index (κ3) is 2.90. The molecule has 94 valence electrons. The summed E-state index contributed by atoms with van der Waals surface area (Å²) in [5.41, 5.74) is 2.35. The summed E-state index contributed by atoms with van der Waals surface area (Å²) in [4.78, 5) is 7.56. The van der Waals surface area contributed by atoms with Gasteiger partial charge in [-0.15, -0.1) is 0 Å². The molecule has 0 saturated heterocycles. The van der Waals surface area contributed by atoms with E-state index in [4.69, 9.17) is 5.84 Å². The van der Waals surface area contributed by atoms with Gasteiger partial charge in [0, 0.05) is 6.54 Å². The van der Waals surface area contributed by atoms with E-state index in [-0.39, 0.29) is 16.3 Å². The number of hydrazine groups is 1. The molecular weight excluding hydrogens is 242 g/mol. The van der Waals surface area contributed by atoms with Crippen LogP contribution in [-0.2, 0) is 10.0 Å². The van der Waals surface area contributed by atoms with Gasteiger partial charge in [-0.25, -0.2) is 29.0 Å². The van der Waals surface area contributed by atoms with Crippen molar-refractivity contribution in [2.24, 2.45) is 11.3 Å². The molecule has 8 heteroatoms. The largest absolute Gasteiger partial charge is 0.292 e. The molecular formula is C9H15N5O2S. The van der Waals surface area contributed by atoms with E-state index in [1.54, 1.807) is 0 Å². The first-order valence-electron chi connectivity index (χ1n) is 5.24. The second-order valence-electron chi connectivity index (χ2n) is 4.52. The summed E-state index contributed by atoms with van der Waals surface area (Å²) in [6.07, 6.45) is 4.56. The number of nitrogens with one attached hydrogen (secondary N) is 2. The molecule has 0 aromatic carbocycles. The smallest absolute Gasteiger partial charge is 0.243 e. The number of hydrogen-bond acceptors (Lipinski definition) is 6. The second-order valence-corrected chi connectivity index (χ2v) is 6.29. The minimum Gasteiger partial charge on any atom is -0.292 e. The Balaban J connectivity index is 2.07. The Morgan fingerprint density at radius 2 is 2.00 bits per heavy atom. The average molecular weight is 257 g/mol. The standard InChI is InChI=1S/C9H15N5O2S/c1-9(2-3-9)6-13-17(15,16)7-4-11-8(14-10)12-5-7/h4-5,13H,2-3,6,10H2,1H3,(H,11,12,14). The van der Waals surface area contributed by atoms with Gasteiger partial charge in [0.15, 0.2) is 0 Å². The predicted octanol–water partition coefficient (Wildman–Crippen LogP) is -0.159. The van der Waals surface area contributed by atoms with Gasteiger partial charge >= 0.3 is 0 Å². The first kappa shape index (κ1) is 12.2. The van der Waals surface area contributed by atoms with Crippen molar-refractivity contribution < 1.29 is 8.42 Å². The van der Waals surface area contributed by atoms with Gasteiger partial charge in [0.25, 0.3) is 0 Å². The maximum Gasteiger partial charge on any atom is 0.243 e. The second kappa shape index (κ2) is 4.21. The molecule has 0 bridgehead atoms. The highest BCUT2D eigenvalue weighted by Crippen LogP contribution is 2.44. The van der Waals surface area contributed by atoms with Gasteiger partial charge in [-0.3, -0.25) is 5.43 Å². The number of sulfonamides is 1. The SMILES string of the molecule is CC1(CNS(=O)(=O)c2cnc(NN)nc2)CC1. The van der Waals surface area contributed by atoms with Crippen molar-refractivity contribution in [1.29, 1.82) is 0 Å². The highest BCUT2D eigenvalue weighted by atomic mass is 32.2. The predicted molar refractivity (Wildman–Crippen MR) is 62.4 cm³/mol. The molecule has 7 nitrogen and oxygen atoms in total. The zero-order chi connectivity index (χ0) is 12.5. The molecule has 1 fully saturated rings. The minimum atomic E-state index is -3.52. The van der Waals surface area contributed by atoms with Crippen LogP contribution in [0.5, 0.6) is 0 Å². The Kier molecular flexibility index (Phi) is 3.02. The Hall–Kier alpha value is -1.25. The summed E-state index contributed by atoms with van der Waals surface area (Å²) in [5, 5.41) is 0. The molecule has 1 heterocycles. The summed E-state index contributed by atoms with van der Waals surface area (Å²) in [6, 6.07) is 0. The van der Waals surface area contributed by atoms with Crippen molar-refractivity contribution in [3.05, 3.63) is 12.4 Å². The van der Waals surface area contributed by atoms with E-state index in [2.05, 4.69) is 20.1 Å². The lowest BCUT2D eigenvalue weighted by Crippen LogP contribution is -2.29.